The molecule has 0 saturated heterocycles. The van der Waals surface area contributed by atoms with Gasteiger partial charge >= 0.3 is 0 Å². The van der Waals surface area contributed by atoms with E-state index in [4.69, 9.17) is 23.8 Å². The monoisotopic (exact) mass is 375 g/mol. The van der Waals surface area contributed by atoms with Crippen molar-refractivity contribution in [3.05, 3.63) is 64.7 Å². The van der Waals surface area contributed by atoms with Gasteiger partial charge in [-0.2, -0.15) is 0 Å². The first-order chi connectivity index (χ1) is 12.0. The molecule has 0 spiro atoms. The topological polar surface area (TPSA) is 70.2 Å². The second-order valence-corrected chi connectivity index (χ2v) is 6.13. The highest BCUT2D eigenvalue weighted by Gasteiger charge is 2.08. The van der Waals surface area contributed by atoms with Crippen LogP contribution in [0.15, 0.2) is 48.5 Å². The molecular weight excluding hydrogens is 358 g/mol. The van der Waals surface area contributed by atoms with E-state index in [0.29, 0.717) is 23.4 Å². The van der Waals surface area contributed by atoms with Gasteiger partial charge in [-0.3, -0.25) is 14.9 Å². The van der Waals surface area contributed by atoms with E-state index < -0.39 is 0 Å². The summed E-state index contributed by atoms with van der Waals surface area (Å²) in [5.41, 5.74) is 2.27. The Morgan fingerprint density at radius 3 is 2.28 bits per heavy atom. The van der Waals surface area contributed by atoms with Crippen LogP contribution in [0.4, 0.5) is 5.69 Å². The lowest BCUT2D eigenvalue weighted by atomic mass is 10.1. The number of nitrogens with one attached hydrogen (secondary N) is 3. The van der Waals surface area contributed by atoms with Crippen LogP contribution >= 0.6 is 23.8 Å². The molecule has 0 bridgehead atoms. The van der Waals surface area contributed by atoms with E-state index in [0.717, 1.165) is 11.3 Å². The molecule has 0 aliphatic carbocycles. The summed E-state index contributed by atoms with van der Waals surface area (Å²) in [4.78, 5) is 23.3. The van der Waals surface area contributed by atoms with Gasteiger partial charge in [-0.15, -0.1) is 0 Å². The zero-order chi connectivity index (χ0) is 18.2. The molecule has 0 fully saturated rings. The van der Waals surface area contributed by atoms with Crippen LogP contribution < -0.4 is 16.0 Å². The van der Waals surface area contributed by atoms with E-state index in [1.165, 1.54) is 0 Å². The lowest BCUT2D eigenvalue weighted by molar-refractivity contribution is -0.120. The maximum Gasteiger partial charge on any atom is 0.257 e. The molecule has 7 heteroatoms. The highest BCUT2D eigenvalue weighted by atomic mass is 35.5. The second-order valence-electron chi connectivity index (χ2n) is 5.29. The average molecular weight is 376 g/mol. The molecule has 2 amide bonds. The Kier molecular flexibility index (Phi) is 6.91. The third kappa shape index (κ3) is 6.17. The molecule has 0 heterocycles. The predicted molar refractivity (Wildman–Crippen MR) is 104 cm³/mol. The fraction of sp³-hybridized carbons (Fsp3) is 0.167. The molecule has 0 unspecified atom stereocenters. The van der Waals surface area contributed by atoms with Crippen LogP contribution in [0.3, 0.4) is 0 Å². The third-order valence-electron chi connectivity index (χ3n) is 3.46. The second kappa shape index (κ2) is 9.15. The van der Waals surface area contributed by atoms with Gasteiger partial charge in [0.25, 0.3) is 5.91 Å². The van der Waals surface area contributed by atoms with Crippen molar-refractivity contribution in [1.82, 2.24) is 10.6 Å². The Hall–Kier alpha value is -2.44. The van der Waals surface area contributed by atoms with Gasteiger partial charge < -0.3 is 10.6 Å². The molecule has 0 aliphatic heterocycles. The number of anilines is 1. The number of rotatable bonds is 5. The summed E-state index contributed by atoms with van der Waals surface area (Å²) in [5, 5.41) is 8.92. The minimum Gasteiger partial charge on any atom is -0.359 e. The first kappa shape index (κ1) is 18.9. The minimum atomic E-state index is -0.309. The Labute approximate surface area is 156 Å². The van der Waals surface area contributed by atoms with Crippen molar-refractivity contribution in [2.75, 3.05) is 12.4 Å². The quantitative estimate of drug-likeness (QED) is 0.702. The van der Waals surface area contributed by atoms with Crippen LogP contribution in [0.1, 0.15) is 22.3 Å². The summed E-state index contributed by atoms with van der Waals surface area (Å²) in [5.74, 6) is -0.301. The number of benzene rings is 2. The van der Waals surface area contributed by atoms with Gasteiger partial charge in [0, 0.05) is 29.7 Å². The molecule has 3 N–H and O–H groups in total. The van der Waals surface area contributed by atoms with E-state index in [-0.39, 0.29) is 16.9 Å². The van der Waals surface area contributed by atoms with Crippen LogP contribution in [-0.2, 0) is 11.2 Å². The van der Waals surface area contributed by atoms with Crippen LogP contribution in [-0.4, -0.2) is 24.0 Å². The molecule has 0 aromatic heterocycles. The van der Waals surface area contributed by atoms with Crippen molar-refractivity contribution >= 4 is 46.4 Å². The van der Waals surface area contributed by atoms with Crippen LogP contribution in [0.25, 0.3) is 0 Å². The fourth-order valence-electron chi connectivity index (χ4n) is 2.08. The SMILES string of the molecule is CNC(=O)CCc1ccc(NC(=S)NC(=O)c2ccc(Cl)cc2)cc1. The van der Waals surface area contributed by atoms with E-state index in [2.05, 4.69) is 16.0 Å². The fourth-order valence-corrected chi connectivity index (χ4v) is 2.41. The highest BCUT2D eigenvalue weighted by Crippen LogP contribution is 2.12. The lowest BCUT2D eigenvalue weighted by Crippen LogP contribution is -2.34. The summed E-state index contributed by atoms with van der Waals surface area (Å²) >= 11 is 10.9. The summed E-state index contributed by atoms with van der Waals surface area (Å²) in [6, 6.07) is 14.1. The number of halogens is 1. The van der Waals surface area contributed by atoms with Crippen LogP contribution in [0, 0.1) is 0 Å². The van der Waals surface area contributed by atoms with Gasteiger partial charge in [0.15, 0.2) is 5.11 Å². The van der Waals surface area contributed by atoms with Crippen molar-refractivity contribution in [1.29, 1.82) is 0 Å². The maximum atomic E-state index is 12.1. The molecule has 0 aliphatic rings. The zero-order valence-corrected chi connectivity index (χ0v) is 15.2. The smallest absolute Gasteiger partial charge is 0.257 e. The lowest BCUT2D eigenvalue weighted by Gasteiger charge is -2.10. The standard InChI is InChI=1S/C18H18ClN3O2S/c1-20-16(23)11-4-12-2-9-15(10-3-12)21-18(25)22-17(24)13-5-7-14(19)8-6-13/h2-3,5-10H,4,11H2,1H3,(H,20,23)(H2,21,22,24,25). The van der Waals surface area contributed by atoms with Gasteiger partial charge in [-0.1, -0.05) is 23.7 Å². The molecule has 25 heavy (non-hydrogen) atoms. The maximum absolute atomic E-state index is 12.1. The van der Waals surface area contributed by atoms with E-state index in [1.807, 2.05) is 24.3 Å². The number of thiocarbonyl (C=S) groups is 1. The number of hydrogen-bond acceptors (Lipinski definition) is 3. The Balaban J connectivity index is 1.86. The molecule has 0 saturated carbocycles. The van der Waals surface area contributed by atoms with Gasteiger partial charge in [-0.25, -0.2) is 0 Å². The van der Waals surface area contributed by atoms with Gasteiger partial charge in [0.05, 0.1) is 0 Å². The molecule has 0 radical (unpaired) electrons. The van der Waals surface area contributed by atoms with Gasteiger partial charge in [0.2, 0.25) is 5.91 Å². The Morgan fingerprint density at radius 2 is 1.68 bits per heavy atom. The molecule has 0 atom stereocenters. The molecule has 130 valence electrons. The Morgan fingerprint density at radius 1 is 1.04 bits per heavy atom. The summed E-state index contributed by atoms with van der Waals surface area (Å²) in [6.07, 6.45) is 1.11. The molecule has 2 rings (SSSR count). The van der Waals surface area contributed by atoms with E-state index in [1.54, 1.807) is 31.3 Å². The first-order valence-electron chi connectivity index (χ1n) is 7.65. The number of carbonyl (C=O) groups is 2. The highest BCUT2D eigenvalue weighted by molar-refractivity contribution is 7.80. The Bertz CT molecular complexity index is 761. The van der Waals surface area contributed by atoms with Crippen molar-refractivity contribution in [2.24, 2.45) is 0 Å². The molecule has 2 aromatic carbocycles. The summed E-state index contributed by atoms with van der Waals surface area (Å²) in [7, 11) is 1.62. The number of aryl methyl sites for hydroxylation is 1. The normalized spacial score (nSPS) is 10.0. The van der Waals surface area contributed by atoms with E-state index >= 15 is 0 Å². The minimum absolute atomic E-state index is 0.00768. The number of carbonyl (C=O) groups excluding carboxylic acids is 2. The van der Waals surface area contributed by atoms with Crippen LogP contribution in [0.5, 0.6) is 0 Å². The van der Waals surface area contributed by atoms with Crippen molar-refractivity contribution in [3.63, 3.8) is 0 Å². The van der Waals surface area contributed by atoms with Crippen LogP contribution in [0.2, 0.25) is 5.02 Å². The summed E-state index contributed by atoms with van der Waals surface area (Å²) < 4.78 is 0. The summed E-state index contributed by atoms with van der Waals surface area (Å²) in [6.45, 7) is 0. The van der Waals surface area contributed by atoms with Crippen molar-refractivity contribution in [3.8, 4) is 0 Å². The number of hydrogen-bond donors (Lipinski definition) is 3. The van der Waals surface area contributed by atoms with E-state index in [9.17, 15) is 9.59 Å². The van der Waals surface area contributed by atoms with Gasteiger partial charge in [0.1, 0.15) is 0 Å². The molecule has 5 nitrogen and oxygen atoms in total. The van der Waals surface area contributed by atoms with Crippen molar-refractivity contribution in [2.45, 2.75) is 12.8 Å². The average Bonchev–Trinajstić information content (AvgIpc) is 2.61. The number of amides is 2. The predicted octanol–water partition coefficient (Wildman–Crippen LogP) is 3.15. The third-order valence-corrected chi connectivity index (χ3v) is 3.92. The first-order valence-corrected chi connectivity index (χ1v) is 8.44. The zero-order valence-electron chi connectivity index (χ0n) is 13.6. The van der Waals surface area contributed by atoms with Crippen molar-refractivity contribution < 1.29 is 9.59 Å². The molecule has 2 aromatic rings. The largest absolute Gasteiger partial charge is 0.359 e. The molecular formula is C18H18ClN3O2S. The van der Waals surface area contributed by atoms with Gasteiger partial charge in [-0.05, 0) is 60.6 Å².